The van der Waals surface area contributed by atoms with Crippen LogP contribution < -0.4 is 0 Å². The van der Waals surface area contributed by atoms with Crippen molar-refractivity contribution in [3.05, 3.63) is 47.6 Å². The minimum atomic E-state index is 0. The molecule has 0 unspecified atom stereocenters. The second-order valence-electron chi connectivity index (χ2n) is 4.41. The Labute approximate surface area is 152 Å². The summed E-state index contributed by atoms with van der Waals surface area (Å²) < 4.78 is 4.58. The molecule has 0 aliphatic rings. The maximum atomic E-state index is 4.58. The van der Waals surface area contributed by atoms with Crippen LogP contribution >= 0.6 is 11.3 Å². The van der Waals surface area contributed by atoms with Crippen LogP contribution in [0.5, 0.6) is 0 Å². The predicted molar refractivity (Wildman–Crippen MR) is 114 cm³/mol. The Kier molecular flexibility index (Phi) is 72.5. The molecule has 0 amide bonds. The van der Waals surface area contributed by atoms with Crippen molar-refractivity contribution in [3.8, 4) is 0 Å². The van der Waals surface area contributed by atoms with Gasteiger partial charge in [0.15, 0.2) is 0 Å². The molecule has 1 nitrogen and oxygen atoms in total. The number of furan rings is 1. The molecule has 0 atom stereocenters. The summed E-state index contributed by atoms with van der Waals surface area (Å²) in [6.45, 7) is 17.0. The fourth-order valence-corrected chi connectivity index (χ4v) is 0.907. The Morgan fingerprint density at radius 2 is 0.826 bits per heavy atom. The summed E-state index contributed by atoms with van der Waals surface area (Å²) in [6.07, 6.45) is 8.25. The van der Waals surface area contributed by atoms with Gasteiger partial charge in [0.25, 0.3) is 0 Å². The van der Waals surface area contributed by atoms with E-state index in [1.54, 1.807) is 23.9 Å². The predicted octanol–water partition coefficient (Wildman–Crippen LogP) is 9.33. The molecule has 2 aromatic rings. The average molecular weight is 345 g/mol. The molecule has 0 aliphatic carbocycles. The van der Waals surface area contributed by atoms with Gasteiger partial charge in [0, 0.05) is 0 Å². The Morgan fingerprint density at radius 3 is 0.913 bits per heavy atom. The number of hydrogen-bond donors (Lipinski definition) is 0. The van der Waals surface area contributed by atoms with Crippen molar-refractivity contribution in [2.45, 2.75) is 88.5 Å². The molecule has 0 spiro atoms. The summed E-state index contributed by atoms with van der Waals surface area (Å²) in [6, 6.07) is 7.70. The van der Waals surface area contributed by atoms with Crippen LogP contribution in [0.25, 0.3) is 0 Å². The van der Waals surface area contributed by atoms with Crippen molar-refractivity contribution < 1.29 is 4.42 Å². The second-order valence-corrected chi connectivity index (χ2v) is 5.23. The smallest absolute Gasteiger partial charge is 0.0902 e. The zero-order chi connectivity index (χ0) is 17.9. The molecule has 23 heavy (non-hydrogen) atoms. The molecule has 0 radical (unpaired) electrons. The monoisotopic (exact) mass is 344 g/mol. The van der Waals surface area contributed by atoms with Gasteiger partial charge in [-0.15, -0.1) is 0 Å². The van der Waals surface area contributed by atoms with Gasteiger partial charge in [0.1, 0.15) is 0 Å². The van der Waals surface area contributed by atoms with Gasteiger partial charge in [-0.25, -0.2) is 0 Å². The van der Waals surface area contributed by atoms with Crippen molar-refractivity contribution in [1.29, 1.82) is 0 Å². The van der Waals surface area contributed by atoms with Crippen molar-refractivity contribution >= 4 is 11.3 Å². The van der Waals surface area contributed by atoms with E-state index in [-0.39, 0.29) is 7.43 Å². The highest BCUT2D eigenvalue weighted by molar-refractivity contribution is 7.07. The van der Waals surface area contributed by atoms with Gasteiger partial charge in [-0.3, -0.25) is 0 Å². The summed E-state index contributed by atoms with van der Waals surface area (Å²) in [7, 11) is 0. The Hall–Kier alpha value is -1.02. The Balaban J connectivity index is -0.0000000573. The molecule has 140 valence electrons. The number of rotatable bonds is 0. The van der Waals surface area contributed by atoms with Crippen LogP contribution in [0.15, 0.2) is 52.0 Å². The lowest BCUT2D eigenvalue weighted by Crippen LogP contribution is -1.27. The largest absolute Gasteiger partial charge is 0.473 e. The zero-order valence-electron chi connectivity index (χ0n) is 16.3. The third kappa shape index (κ3) is 93.7. The number of hydrogen-bond acceptors (Lipinski definition) is 2. The van der Waals surface area contributed by atoms with Gasteiger partial charge in [0.05, 0.1) is 12.5 Å². The zero-order valence-corrected chi connectivity index (χ0v) is 17.1. The highest BCUT2D eigenvalue weighted by Gasteiger charge is 1.59. The Morgan fingerprint density at radius 1 is 0.565 bits per heavy atom. The summed E-state index contributed by atoms with van der Waals surface area (Å²) >= 11 is 1.71. The van der Waals surface area contributed by atoms with Gasteiger partial charge in [-0.05, 0) is 22.9 Å². The van der Waals surface area contributed by atoms with E-state index in [1.165, 1.54) is 25.7 Å². The van der Waals surface area contributed by atoms with Gasteiger partial charge >= 0.3 is 0 Å². The molecule has 2 heteroatoms. The normalized spacial score (nSPS) is 6.61. The minimum Gasteiger partial charge on any atom is -0.473 e. The number of thiophene rings is 1. The molecular weight excluding hydrogens is 300 g/mol. The van der Waals surface area contributed by atoms with Gasteiger partial charge < -0.3 is 4.42 Å². The van der Waals surface area contributed by atoms with E-state index in [0.717, 1.165) is 0 Å². The summed E-state index contributed by atoms with van der Waals surface area (Å²) in [4.78, 5) is 0. The van der Waals surface area contributed by atoms with E-state index in [2.05, 4.69) is 59.8 Å². The van der Waals surface area contributed by atoms with E-state index in [4.69, 9.17) is 0 Å². The highest BCUT2D eigenvalue weighted by atomic mass is 32.1. The fourth-order valence-electron chi connectivity index (χ4n) is 0.454. The summed E-state index contributed by atoms with van der Waals surface area (Å²) in [5.41, 5.74) is 0. The molecule has 0 aliphatic heterocycles. The van der Waals surface area contributed by atoms with Crippen LogP contribution in [0.3, 0.4) is 0 Å². The van der Waals surface area contributed by atoms with Crippen molar-refractivity contribution in [2.75, 3.05) is 0 Å². The van der Waals surface area contributed by atoms with Gasteiger partial charge in [-0.2, -0.15) is 11.3 Å². The van der Waals surface area contributed by atoms with E-state index in [9.17, 15) is 0 Å². The third-order valence-electron chi connectivity index (χ3n) is 0.851. The topological polar surface area (TPSA) is 13.1 Å². The van der Waals surface area contributed by atoms with Crippen molar-refractivity contribution in [2.24, 2.45) is 0 Å². The third-order valence-corrected chi connectivity index (χ3v) is 1.48. The maximum absolute atomic E-state index is 4.58. The minimum absolute atomic E-state index is 0. The van der Waals surface area contributed by atoms with Crippen LogP contribution in [0.4, 0.5) is 0 Å². The molecule has 0 bridgehead atoms. The highest BCUT2D eigenvalue weighted by Crippen LogP contribution is 1.91. The van der Waals surface area contributed by atoms with Crippen LogP contribution in [0, 0.1) is 0 Å². The van der Waals surface area contributed by atoms with Crippen LogP contribution in [0.2, 0.25) is 0 Å². The van der Waals surface area contributed by atoms with Crippen molar-refractivity contribution in [1.82, 2.24) is 0 Å². The first-order valence-electron chi connectivity index (χ1n) is 8.60. The average Bonchev–Trinajstić information content (AvgIpc) is 3.21. The molecular formula is C21H44OS. The Bertz CT molecular complexity index is 193. The van der Waals surface area contributed by atoms with Gasteiger partial charge in [0.2, 0.25) is 0 Å². The molecule has 2 heterocycles. The quantitative estimate of drug-likeness (QED) is 0.464. The lowest BCUT2D eigenvalue weighted by atomic mass is 10.6. The SMILES string of the molecule is C.CCC.CCC.CCC.CCC.c1ccoc1.c1ccsc1. The summed E-state index contributed by atoms with van der Waals surface area (Å²) in [5, 5.41) is 4.08. The van der Waals surface area contributed by atoms with E-state index >= 15 is 0 Å². The van der Waals surface area contributed by atoms with Crippen LogP contribution in [0.1, 0.15) is 88.5 Å². The molecule has 0 saturated carbocycles. The lowest BCUT2D eigenvalue weighted by molar-refractivity contribution is 0.567. The fraction of sp³-hybridized carbons (Fsp3) is 0.619. The van der Waals surface area contributed by atoms with E-state index < -0.39 is 0 Å². The molecule has 0 N–H and O–H groups in total. The lowest BCUT2D eigenvalue weighted by Gasteiger charge is -1.50. The second kappa shape index (κ2) is 49.7. The van der Waals surface area contributed by atoms with Gasteiger partial charge in [-0.1, -0.05) is 101 Å². The first-order chi connectivity index (χ1) is 10.7. The standard InChI is InChI=1S/C4H4O.C4H4S.4C3H8.CH4/c2*1-2-4-5-3-1;4*1-3-2;/h2*1-4H;4*3H2,1-2H3;1H4. The molecule has 2 aromatic heterocycles. The van der Waals surface area contributed by atoms with Crippen molar-refractivity contribution in [3.63, 3.8) is 0 Å². The molecule has 2 rings (SSSR count). The van der Waals surface area contributed by atoms with E-state index in [0.29, 0.717) is 0 Å². The first-order valence-corrected chi connectivity index (χ1v) is 9.54. The first kappa shape index (κ1) is 33.6. The summed E-state index contributed by atoms with van der Waals surface area (Å²) in [5.74, 6) is 0. The van der Waals surface area contributed by atoms with E-state index in [1.807, 2.05) is 35.0 Å². The van der Waals surface area contributed by atoms with Crippen LogP contribution in [-0.4, -0.2) is 0 Å². The maximum Gasteiger partial charge on any atom is 0.0902 e. The molecule has 0 saturated heterocycles. The molecule has 0 fully saturated rings. The van der Waals surface area contributed by atoms with Crippen LogP contribution in [-0.2, 0) is 0 Å². The molecule has 0 aromatic carbocycles.